The van der Waals surface area contributed by atoms with Gasteiger partial charge in [-0.15, -0.1) is 0 Å². The molecule has 2 fully saturated rings. The Morgan fingerprint density at radius 1 is 1.21 bits per heavy atom. The average molecular weight is 193 g/mol. The van der Waals surface area contributed by atoms with Crippen LogP contribution in [0.4, 0.5) is 0 Å². The van der Waals surface area contributed by atoms with Crippen LogP contribution in [0.2, 0.25) is 0 Å². The Balaban J connectivity index is 1.74. The number of hydrogen-bond acceptors (Lipinski definition) is 1. The van der Waals surface area contributed by atoms with Crippen molar-refractivity contribution in [3.63, 3.8) is 0 Å². The summed E-state index contributed by atoms with van der Waals surface area (Å²) in [5, 5.41) is 3.62. The summed E-state index contributed by atoms with van der Waals surface area (Å²) in [6.07, 6.45) is 12.3. The summed E-state index contributed by atoms with van der Waals surface area (Å²) in [6.45, 7) is 3.55. The zero-order valence-electron chi connectivity index (χ0n) is 9.39. The van der Waals surface area contributed by atoms with Crippen molar-refractivity contribution in [2.24, 2.45) is 5.92 Å². The van der Waals surface area contributed by atoms with Crippen molar-refractivity contribution >= 4 is 0 Å². The summed E-state index contributed by atoms with van der Waals surface area (Å²) in [5.41, 5.74) is 1.62. The highest BCUT2D eigenvalue weighted by atomic mass is 14.9. The van der Waals surface area contributed by atoms with E-state index in [1.165, 1.54) is 51.5 Å². The molecule has 1 unspecified atom stereocenters. The van der Waals surface area contributed by atoms with Gasteiger partial charge in [0.2, 0.25) is 0 Å². The average Bonchev–Trinajstić information content (AvgIpc) is 2.13. The monoisotopic (exact) mass is 193 g/mol. The lowest BCUT2D eigenvalue weighted by Crippen LogP contribution is -2.34. The van der Waals surface area contributed by atoms with E-state index in [9.17, 15) is 0 Å². The molecule has 2 aliphatic rings. The van der Waals surface area contributed by atoms with Gasteiger partial charge in [-0.05, 0) is 51.5 Å². The summed E-state index contributed by atoms with van der Waals surface area (Å²) >= 11 is 0. The molecule has 1 saturated heterocycles. The van der Waals surface area contributed by atoms with Gasteiger partial charge in [0.25, 0.3) is 0 Å². The van der Waals surface area contributed by atoms with E-state index in [1.807, 2.05) is 0 Å². The number of hydrogen-bond donors (Lipinski definition) is 1. The van der Waals surface area contributed by atoms with Crippen molar-refractivity contribution in [2.45, 2.75) is 57.9 Å². The minimum absolute atomic E-state index is 0.778. The third kappa shape index (κ3) is 2.84. The third-order valence-electron chi connectivity index (χ3n) is 3.65. The van der Waals surface area contributed by atoms with Crippen molar-refractivity contribution in [1.29, 1.82) is 0 Å². The molecule has 0 bridgehead atoms. The third-order valence-corrected chi connectivity index (χ3v) is 3.65. The maximum atomic E-state index is 3.62. The van der Waals surface area contributed by atoms with Gasteiger partial charge in [-0.2, -0.15) is 0 Å². The zero-order valence-corrected chi connectivity index (χ0v) is 9.39. The van der Waals surface area contributed by atoms with Crippen LogP contribution in [0.25, 0.3) is 0 Å². The van der Waals surface area contributed by atoms with Gasteiger partial charge in [-0.25, -0.2) is 0 Å². The van der Waals surface area contributed by atoms with Gasteiger partial charge in [0.05, 0.1) is 0 Å². The minimum atomic E-state index is 0.778. The molecule has 0 aromatic heterocycles. The molecule has 1 nitrogen and oxygen atoms in total. The predicted molar refractivity (Wildman–Crippen MR) is 61.4 cm³/mol. The van der Waals surface area contributed by atoms with Crippen molar-refractivity contribution in [1.82, 2.24) is 5.32 Å². The van der Waals surface area contributed by atoms with Crippen molar-refractivity contribution in [3.8, 4) is 0 Å². The molecular weight excluding hydrogens is 170 g/mol. The molecule has 14 heavy (non-hydrogen) atoms. The molecule has 2 rings (SSSR count). The van der Waals surface area contributed by atoms with Gasteiger partial charge >= 0.3 is 0 Å². The van der Waals surface area contributed by atoms with E-state index in [4.69, 9.17) is 0 Å². The zero-order chi connectivity index (χ0) is 9.80. The maximum Gasteiger partial charge on any atom is 0.0104 e. The Kier molecular flexibility index (Phi) is 3.63. The van der Waals surface area contributed by atoms with E-state index in [0.29, 0.717) is 0 Å². The van der Waals surface area contributed by atoms with Crippen LogP contribution in [0.5, 0.6) is 0 Å². The minimum Gasteiger partial charge on any atom is -0.314 e. The van der Waals surface area contributed by atoms with E-state index in [-0.39, 0.29) is 0 Å². The number of piperidine rings is 1. The SMILES string of the molecule is CC(=CC1CCC1)CC1CCCCN1. The lowest BCUT2D eigenvalue weighted by atomic mass is 9.83. The smallest absolute Gasteiger partial charge is 0.0104 e. The molecule has 0 aromatic carbocycles. The Bertz CT molecular complexity index is 197. The van der Waals surface area contributed by atoms with E-state index in [1.54, 1.807) is 5.57 Å². The molecule has 1 saturated carbocycles. The Morgan fingerprint density at radius 3 is 2.64 bits per heavy atom. The number of nitrogens with one attached hydrogen (secondary N) is 1. The highest BCUT2D eigenvalue weighted by Crippen LogP contribution is 2.29. The first-order valence-corrected chi connectivity index (χ1v) is 6.25. The van der Waals surface area contributed by atoms with E-state index in [0.717, 1.165) is 12.0 Å². The molecule has 0 radical (unpaired) electrons. The molecule has 0 spiro atoms. The molecule has 1 heteroatoms. The number of rotatable bonds is 3. The molecule has 0 aromatic rings. The van der Waals surface area contributed by atoms with Crippen molar-refractivity contribution < 1.29 is 0 Å². The summed E-state index contributed by atoms with van der Waals surface area (Å²) in [6, 6.07) is 0.778. The first kappa shape index (κ1) is 10.2. The predicted octanol–water partition coefficient (Wildman–Crippen LogP) is 3.27. The van der Waals surface area contributed by atoms with Crippen LogP contribution < -0.4 is 5.32 Å². The van der Waals surface area contributed by atoms with E-state index in [2.05, 4.69) is 18.3 Å². The summed E-state index contributed by atoms with van der Waals surface area (Å²) in [7, 11) is 0. The van der Waals surface area contributed by atoms with Gasteiger partial charge in [-0.3, -0.25) is 0 Å². The standard InChI is InChI=1S/C13H23N/c1-11(9-12-5-4-6-12)10-13-7-2-3-8-14-13/h9,12-14H,2-8,10H2,1H3. The molecule has 1 heterocycles. The van der Waals surface area contributed by atoms with Crippen LogP contribution in [0.15, 0.2) is 11.6 Å². The fourth-order valence-electron chi connectivity index (χ4n) is 2.56. The van der Waals surface area contributed by atoms with E-state index >= 15 is 0 Å². The highest BCUT2D eigenvalue weighted by molar-refractivity contribution is 5.05. The lowest BCUT2D eigenvalue weighted by Gasteiger charge is -2.26. The van der Waals surface area contributed by atoms with Crippen molar-refractivity contribution in [3.05, 3.63) is 11.6 Å². The molecule has 1 N–H and O–H groups in total. The summed E-state index contributed by atoms with van der Waals surface area (Å²) in [5.74, 6) is 0.929. The normalized spacial score (nSPS) is 30.1. The molecule has 1 atom stereocenters. The van der Waals surface area contributed by atoms with Gasteiger partial charge in [0.1, 0.15) is 0 Å². The fourth-order valence-corrected chi connectivity index (χ4v) is 2.56. The fraction of sp³-hybridized carbons (Fsp3) is 0.846. The van der Waals surface area contributed by atoms with Crippen molar-refractivity contribution in [2.75, 3.05) is 6.54 Å². The van der Waals surface area contributed by atoms with Gasteiger partial charge in [0.15, 0.2) is 0 Å². The topological polar surface area (TPSA) is 12.0 Å². The van der Waals surface area contributed by atoms with Crippen LogP contribution in [-0.2, 0) is 0 Å². The first-order valence-electron chi connectivity index (χ1n) is 6.25. The van der Waals surface area contributed by atoms with Gasteiger partial charge < -0.3 is 5.32 Å². The largest absolute Gasteiger partial charge is 0.314 e. The maximum absolute atomic E-state index is 3.62. The molecule has 1 aliphatic heterocycles. The Morgan fingerprint density at radius 2 is 2.07 bits per heavy atom. The Labute approximate surface area is 88.0 Å². The van der Waals surface area contributed by atoms with Gasteiger partial charge in [-0.1, -0.05) is 24.5 Å². The summed E-state index contributed by atoms with van der Waals surface area (Å²) in [4.78, 5) is 0. The highest BCUT2D eigenvalue weighted by Gasteiger charge is 2.16. The molecule has 80 valence electrons. The molecule has 0 amide bonds. The second-order valence-corrected chi connectivity index (χ2v) is 5.05. The second-order valence-electron chi connectivity index (χ2n) is 5.05. The van der Waals surface area contributed by atoms with Crippen LogP contribution >= 0.6 is 0 Å². The first-order chi connectivity index (χ1) is 6.84. The molecule has 1 aliphatic carbocycles. The van der Waals surface area contributed by atoms with Crippen LogP contribution in [-0.4, -0.2) is 12.6 Å². The van der Waals surface area contributed by atoms with Crippen LogP contribution in [0.1, 0.15) is 51.9 Å². The Hall–Kier alpha value is -0.300. The van der Waals surface area contributed by atoms with Gasteiger partial charge in [0, 0.05) is 6.04 Å². The van der Waals surface area contributed by atoms with E-state index < -0.39 is 0 Å². The lowest BCUT2D eigenvalue weighted by molar-refractivity contribution is 0.377. The number of allylic oxidation sites excluding steroid dienone is 1. The molecular formula is C13H23N. The quantitative estimate of drug-likeness (QED) is 0.678. The second kappa shape index (κ2) is 4.97. The van der Waals surface area contributed by atoms with Crippen LogP contribution in [0.3, 0.4) is 0 Å². The summed E-state index contributed by atoms with van der Waals surface area (Å²) < 4.78 is 0. The van der Waals surface area contributed by atoms with Crippen LogP contribution in [0, 0.1) is 5.92 Å².